The fraction of sp³-hybridized carbons (Fsp3) is 0.222. The Labute approximate surface area is 89.9 Å². The lowest BCUT2D eigenvalue weighted by atomic mass is 10.2. The van der Waals surface area contributed by atoms with Gasteiger partial charge in [0.2, 0.25) is 0 Å². The number of halogens is 2. The Morgan fingerprint density at radius 2 is 2.38 bits per heavy atom. The van der Waals surface area contributed by atoms with Gasteiger partial charge in [0.1, 0.15) is 0 Å². The van der Waals surface area contributed by atoms with Gasteiger partial charge in [0.25, 0.3) is 0 Å². The SMILES string of the molecule is CCc1cn(Br)c2nccc(Cl)c12. The van der Waals surface area contributed by atoms with Crippen molar-refractivity contribution in [3.63, 3.8) is 0 Å². The third-order valence-electron chi connectivity index (χ3n) is 2.05. The van der Waals surface area contributed by atoms with Crippen LogP contribution in [0.5, 0.6) is 0 Å². The van der Waals surface area contributed by atoms with Crippen molar-refractivity contribution in [3.05, 3.63) is 29.0 Å². The predicted octanol–water partition coefficient (Wildman–Crippen LogP) is 3.41. The molecule has 0 saturated carbocycles. The molecule has 0 saturated heterocycles. The predicted molar refractivity (Wildman–Crippen MR) is 58.4 cm³/mol. The minimum atomic E-state index is 0.764. The molecule has 0 spiro atoms. The van der Waals surface area contributed by atoms with Gasteiger partial charge < -0.3 is 0 Å². The Morgan fingerprint density at radius 1 is 1.62 bits per heavy atom. The summed E-state index contributed by atoms with van der Waals surface area (Å²) >= 11 is 9.47. The van der Waals surface area contributed by atoms with Gasteiger partial charge in [-0.3, -0.25) is 3.59 Å². The molecule has 13 heavy (non-hydrogen) atoms. The lowest BCUT2D eigenvalue weighted by molar-refractivity contribution is 1.15. The molecule has 0 amide bonds. The van der Waals surface area contributed by atoms with Gasteiger partial charge in [0.15, 0.2) is 5.65 Å². The molecule has 0 unspecified atom stereocenters. The van der Waals surface area contributed by atoms with E-state index in [1.165, 1.54) is 5.56 Å². The first-order valence-electron chi connectivity index (χ1n) is 4.04. The second-order valence-electron chi connectivity index (χ2n) is 2.81. The van der Waals surface area contributed by atoms with E-state index in [-0.39, 0.29) is 0 Å². The summed E-state index contributed by atoms with van der Waals surface area (Å²) in [5, 5.41) is 1.81. The van der Waals surface area contributed by atoms with Crippen LogP contribution in [0.1, 0.15) is 12.5 Å². The van der Waals surface area contributed by atoms with Crippen molar-refractivity contribution >= 4 is 38.8 Å². The summed E-state index contributed by atoms with van der Waals surface area (Å²) in [7, 11) is 0. The van der Waals surface area contributed by atoms with E-state index in [0.29, 0.717) is 0 Å². The highest BCUT2D eigenvalue weighted by Crippen LogP contribution is 2.28. The van der Waals surface area contributed by atoms with Crippen LogP contribution >= 0.6 is 27.7 Å². The van der Waals surface area contributed by atoms with Crippen molar-refractivity contribution < 1.29 is 0 Å². The van der Waals surface area contributed by atoms with Crippen molar-refractivity contribution in [2.45, 2.75) is 13.3 Å². The van der Waals surface area contributed by atoms with Crippen LogP contribution < -0.4 is 0 Å². The number of rotatable bonds is 1. The third kappa shape index (κ3) is 1.36. The van der Waals surface area contributed by atoms with Crippen LogP contribution in [0.4, 0.5) is 0 Å². The Bertz CT molecular complexity index is 450. The number of hydrogen-bond acceptors (Lipinski definition) is 1. The molecule has 0 radical (unpaired) electrons. The zero-order valence-corrected chi connectivity index (χ0v) is 9.43. The maximum atomic E-state index is 6.08. The molecule has 68 valence electrons. The van der Waals surface area contributed by atoms with Crippen molar-refractivity contribution in [3.8, 4) is 0 Å². The maximum absolute atomic E-state index is 6.08. The van der Waals surface area contributed by atoms with Crippen LogP contribution in [0.15, 0.2) is 18.5 Å². The fourth-order valence-corrected chi connectivity index (χ4v) is 2.20. The minimum absolute atomic E-state index is 0.764. The summed E-state index contributed by atoms with van der Waals surface area (Å²) in [5.41, 5.74) is 2.09. The molecule has 2 rings (SSSR count). The van der Waals surface area contributed by atoms with Crippen molar-refractivity contribution in [1.29, 1.82) is 0 Å². The largest absolute Gasteiger partial charge is 0.267 e. The van der Waals surface area contributed by atoms with E-state index in [0.717, 1.165) is 22.5 Å². The van der Waals surface area contributed by atoms with Gasteiger partial charge in [-0.25, -0.2) is 4.98 Å². The molecule has 0 aliphatic rings. The molecule has 0 atom stereocenters. The van der Waals surface area contributed by atoms with Gasteiger partial charge in [-0.1, -0.05) is 18.5 Å². The number of hydrogen-bond donors (Lipinski definition) is 0. The lowest BCUT2D eigenvalue weighted by Crippen LogP contribution is -1.80. The Balaban J connectivity index is 2.89. The average molecular weight is 260 g/mol. The van der Waals surface area contributed by atoms with Crippen LogP contribution in [0.3, 0.4) is 0 Å². The number of pyridine rings is 1. The number of aryl methyl sites for hydroxylation is 1. The highest BCUT2D eigenvalue weighted by atomic mass is 79.9. The molecule has 0 bridgehead atoms. The van der Waals surface area contributed by atoms with Gasteiger partial charge in [-0.05, 0) is 18.1 Å². The second kappa shape index (κ2) is 3.31. The van der Waals surface area contributed by atoms with Crippen LogP contribution in [0, 0.1) is 0 Å². The molecule has 0 aliphatic carbocycles. The van der Waals surface area contributed by atoms with E-state index in [4.69, 9.17) is 11.6 Å². The minimum Gasteiger partial charge on any atom is -0.267 e. The molecule has 0 N–H and O–H groups in total. The smallest absolute Gasteiger partial charge is 0.151 e. The Hall–Kier alpha value is -0.540. The van der Waals surface area contributed by atoms with Crippen LogP contribution in [-0.2, 0) is 6.42 Å². The van der Waals surface area contributed by atoms with Crippen LogP contribution in [0.2, 0.25) is 5.02 Å². The third-order valence-corrected chi connectivity index (χ3v) is 2.91. The maximum Gasteiger partial charge on any atom is 0.151 e. The van der Waals surface area contributed by atoms with E-state index >= 15 is 0 Å². The van der Waals surface area contributed by atoms with Crippen molar-refractivity contribution in [2.24, 2.45) is 0 Å². The summed E-state index contributed by atoms with van der Waals surface area (Å²) in [6.45, 7) is 2.10. The molecule has 2 nitrogen and oxygen atoms in total. The number of fused-ring (bicyclic) bond motifs is 1. The first-order chi connectivity index (χ1) is 6.24. The normalized spacial score (nSPS) is 11.0. The van der Waals surface area contributed by atoms with E-state index < -0.39 is 0 Å². The van der Waals surface area contributed by atoms with E-state index in [9.17, 15) is 0 Å². The molecular formula is C9H8BrClN2. The van der Waals surface area contributed by atoms with Gasteiger partial charge in [0.05, 0.1) is 21.2 Å². The summed E-state index contributed by atoms with van der Waals surface area (Å²) < 4.78 is 1.83. The first kappa shape index (κ1) is 9.03. The second-order valence-corrected chi connectivity index (χ2v) is 3.98. The van der Waals surface area contributed by atoms with Gasteiger partial charge in [0, 0.05) is 17.8 Å². The number of nitrogens with zero attached hydrogens (tertiary/aromatic N) is 2. The fourth-order valence-electron chi connectivity index (χ4n) is 1.42. The van der Waals surface area contributed by atoms with Crippen molar-refractivity contribution in [1.82, 2.24) is 8.58 Å². The highest BCUT2D eigenvalue weighted by molar-refractivity contribution is 9.08. The van der Waals surface area contributed by atoms with Gasteiger partial charge in [-0.15, -0.1) is 0 Å². The first-order valence-corrected chi connectivity index (χ1v) is 5.13. The van der Waals surface area contributed by atoms with Gasteiger partial charge in [-0.2, -0.15) is 0 Å². The van der Waals surface area contributed by atoms with Crippen LogP contribution in [-0.4, -0.2) is 8.58 Å². The molecule has 2 heterocycles. The van der Waals surface area contributed by atoms with E-state index in [1.807, 2.05) is 15.9 Å². The average Bonchev–Trinajstić information content (AvgIpc) is 2.45. The molecule has 0 aromatic carbocycles. The Morgan fingerprint density at radius 3 is 3.08 bits per heavy atom. The topological polar surface area (TPSA) is 17.8 Å². The quantitative estimate of drug-likeness (QED) is 0.767. The lowest BCUT2D eigenvalue weighted by Gasteiger charge is -1.95. The molecule has 2 aromatic rings. The zero-order chi connectivity index (χ0) is 9.42. The summed E-state index contributed by atoms with van der Waals surface area (Å²) in [5.74, 6) is 0. The molecule has 0 fully saturated rings. The standard InChI is InChI=1S/C9H8BrClN2/c1-2-6-5-13(10)9-8(6)7(11)3-4-12-9/h3-5H,2H2,1H3. The number of aromatic nitrogens is 2. The molecule has 4 heteroatoms. The summed E-state index contributed by atoms with van der Waals surface area (Å²) in [6, 6.07) is 1.82. The van der Waals surface area contributed by atoms with E-state index in [2.05, 4.69) is 28.1 Å². The van der Waals surface area contributed by atoms with Crippen molar-refractivity contribution in [2.75, 3.05) is 0 Å². The molecular weight excluding hydrogens is 251 g/mol. The van der Waals surface area contributed by atoms with Gasteiger partial charge >= 0.3 is 0 Å². The monoisotopic (exact) mass is 258 g/mol. The summed E-state index contributed by atoms with van der Waals surface area (Å²) in [6.07, 6.45) is 4.67. The molecule has 2 aromatic heterocycles. The zero-order valence-electron chi connectivity index (χ0n) is 7.09. The highest BCUT2D eigenvalue weighted by Gasteiger charge is 2.09. The summed E-state index contributed by atoms with van der Waals surface area (Å²) in [4.78, 5) is 4.24. The Kier molecular flexibility index (Phi) is 2.30. The molecule has 0 aliphatic heterocycles. The van der Waals surface area contributed by atoms with E-state index in [1.54, 1.807) is 6.20 Å². The van der Waals surface area contributed by atoms with Crippen LogP contribution in [0.25, 0.3) is 11.0 Å².